The van der Waals surface area contributed by atoms with E-state index in [2.05, 4.69) is 0 Å². The number of hydrogen-bond donors (Lipinski definition) is 2. The molecule has 0 saturated carbocycles. The van der Waals surface area contributed by atoms with Gasteiger partial charge in [0.25, 0.3) is 0 Å². The topological polar surface area (TPSA) is 49.7 Å². The van der Waals surface area contributed by atoms with E-state index < -0.39 is 17.1 Å². The first-order valence-corrected chi connectivity index (χ1v) is 8.57. The van der Waals surface area contributed by atoms with Crippen LogP contribution < -0.4 is 59.1 Å². The summed E-state index contributed by atoms with van der Waals surface area (Å²) < 4.78 is 5.01. The van der Waals surface area contributed by atoms with Gasteiger partial charge in [0.15, 0.2) is 8.32 Å². The number of hydrogen-bond acceptors (Lipinski definition) is 3. The first-order valence-electron chi connectivity index (χ1n) is 2.86. The van der Waals surface area contributed by atoms with Crippen molar-refractivity contribution in [2.24, 2.45) is 0 Å². The zero-order valence-electron chi connectivity index (χ0n) is 10.3. The van der Waals surface area contributed by atoms with Crippen molar-refractivity contribution < 1.29 is 75.7 Å². The predicted molar refractivity (Wildman–Crippen MR) is 42.7 cm³/mol. The Morgan fingerprint density at radius 1 is 1.00 bits per heavy atom. The SMILES string of the molecule is C[Si](C)(C)O[Si](C)(O)O.[H-].[H-].[Na+].[Na+]. The van der Waals surface area contributed by atoms with Crippen LogP contribution in [0, 0.1) is 0 Å². The van der Waals surface area contributed by atoms with Gasteiger partial charge in [-0.25, -0.2) is 0 Å². The van der Waals surface area contributed by atoms with Crippen molar-refractivity contribution in [2.75, 3.05) is 0 Å². The maximum Gasteiger partial charge on any atom is 1.00 e. The van der Waals surface area contributed by atoms with Crippen LogP contribution >= 0.6 is 0 Å². The fraction of sp³-hybridized carbons (Fsp3) is 1.00. The van der Waals surface area contributed by atoms with Crippen molar-refractivity contribution in [3.05, 3.63) is 0 Å². The summed E-state index contributed by atoms with van der Waals surface area (Å²) in [6.07, 6.45) is 0. The monoisotopic (exact) mass is 214 g/mol. The molecule has 0 aliphatic rings. The third-order valence-electron chi connectivity index (χ3n) is 0.500. The molecule has 0 fully saturated rings. The van der Waals surface area contributed by atoms with Crippen molar-refractivity contribution in [1.82, 2.24) is 0 Å². The molecule has 7 heteroatoms. The second kappa shape index (κ2) is 6.72. The Morgan fingerprint density at radius 2 is 1.27 bits per heavy atom. The summed E-state index contributed by atoms with van der Waals surface area (Å²) in [5.74, 6) is 0. The second-order valence-electron chi connectivity index (χ2n) is 3.15. The van der Waals surface area contributed by atoms with E-state index in [9.17, 15) is 0 Å². The van der Waals surface area contributed by atoms with Crippen LogP contribution in [-0.2, 0) is 4.12 Å². The fourth-order valence-corrected chi connectivity index (χ4v) is 5.22. The molecule has 0 rings (SSSR count). The molecule has 11 heavy (non-hydrogen) atoms. The standard InChI is InChI=1S/C4H14O3Si2.2Na.2H/c1-8(2,3)7-9(4,5)6;;;;/h5-6H,1-4H3;;;;/q;2*+1;2*-1. The Kier molecular flexibility index (Phi) is 11.6. The van der Waals surface area contributed by atoms with Crippen LogP contribution in [0.5, 0.6) is 0 Å². The van der Waals surface area contributed by atoms with E-state index in [1.54, 1.807) is 0 Å². The summed E-state index contributed by atoms with van der Waals surface area (Å²) in [7, 11) is -4.96. The molecule has 60 valence electrons. The van der Waals surface area contributed by atoms with Crippen LogP contribution in [0.2, 0.25) is 26.2 Å². The van der Waals surface area contributed by atoms with E-state index in [0.717, 1.165) is 0 Å². The van der Waals surface area contributed by atoms with Gasteiger partial charge in [-0.05, 0) is 19.6 Å². The third kappa shape index (κ3) is 19.0. The molecule has 0 aliphatic heterocycles. The van der Waals surface area contributed by atoms with Crippen molar-refractivity contribution in [3.63, 3.8) is 0 Å². The molecule has 0 aromatic rings. The molecule has 0 aliphatic carbocycles. The Labute approximate surface area is 118 Å². The third-order valence-corrected chi connectivity index (χ3v) is 4.50. The zero-order chi connectivity index (χ0) is 7.71. The van der Waals surface area contributed by atoms with Gasteiger partial charge in [0, 0.05) is 6.55 Å². The van der Waals surface area contributed by atoms with Gasteiger partial charge in [0.2, 0.25) is 0 Å². The van der Waals surface area contributed by atoms with Crippen LogP contribution in [0.3, 0.4) is 0 Å². The predicted octanol–water partition coefficient (Wildman–Crippen LogP) is -5.38. The van der Waals surface area contributed by atoms with Gasteiger partial charge in [-0.1, -0.05) is 0 Å². The van der Waals surface area contributed by atoms with Crippen LogP contribution in [-0.4, -0.2) is 26.7 Å². The maximum absolute atomic E-state index is 8.86. The largest absolute Gasteiger partial charge is 1.00 e. The Morgan fingerprint density at radius 3 is 1.27 bits per heavy atom. The molecule has 0 saturated heterocycles. The van der Waals surface area contributed by atoms with Crippen molar-refractivity contribution in [1.29, 1.82) is 0 Å². The van der Waals surface area contributed by atoms with E-state index in [-0.39, 0.29) is 62.0 Å². The van der Waals surface area contributed by atoms with E-state index in [0.29, 0.717) is 0 Å². The minimum absolute atomic E-state index is 0. The van der Waals surface area contributed by atoms with Gasteiger partial charge >= 0.3 is 67.9 Å². The first kappa shape index (κ1) is 19.0. The molecular weight excluding hydrogens is 198 g/mol. The minimum atomic E-state index is -3.23. The molecule has 0 amide bonds. The van der Waals surface area contributed by atoms with E-state index in [1.165, 1.54) is 6.55 Å². The van der Waals surface area contributed by atoms with Gasteiger partial charge in [-0.2, -0.15) is 0 Å². The summed E-state index contributed by atoms with van der Waals surface area (Å²) in [5.41, 5.74) is 0. The molecule has 0 heterocycles. The van der Waals surface area contributed by atoms with Gasteiger partial charge in [0.05, 0.1) is 0 Å². The van der Waals surface area contributed by atoms with Gasteiger partial charge in [0.1, 0.15) is 0 Å². The summed E-state index contributed by atoms with van der Waals surface area (Å²) >= 11 is 0. The summed E-state index contributed by atoms with van der Waals surface area (Å²) in [5, 5.41) is 0. The molecule has 3 nitrogen and oxygen atoms in total. The van der Waals surface area contributed by atoms with Crippen LogP contribution in [0.15, 0.2) is 0 Å². The fourth-order valence-electron chi connectivity index (χ4n) is 0.580. The minimum Gasteiger partial charge on any atom is -1.00 e. The summed E-state index contributed by atoms with van der Waals surface area (Å²) in [6, 6.07) is 0. The molecule has 0 atom stereocenters. The van der Waals surface area contributed by atoms with Crippen molar-refractivity contribution in [3.8, 4) is 0 Å². The first-order chi connectivity index (χ1) is 3.71. The Bertz CT molecular complexity index is 94.5. The van der Waals surface area contributed by atoms with Gasteiger partial charge in [-0.3, -0.25) is 0 Å². The van der Waals surface area contributed by atoms with Crippen LogP contribution in [0.1, 0.15) is 2.85 Å². The van der Waals surface area contributed by atoms with Crippen molar-refractivity contribution >= 4 is 17.1 Å². The van der Waals surface area contributed by atoms with Crippen LogP contribution in [0.4, 0.5) is 0 Å². The summed E-state index contributed by atoms with van der Waals surface area (Å²) in [4.78, 5) is 17.7. The smallest absolute Gasteiger partial charge is 1.00 e. The molecule has 0 aromatic heterocycles. The van der Waals surface area contributed by atoms with Crippen molar-refractivity contribution in [2.45, 2.75) is 26.2 Å². The Hall–Kier alpha value is 2.31. The molecule has 0 unspecified atom stereocenters. The average Bonchev–Trinajstić information content (AvgIpc) is 1.14. The molecule has 0 bridgehead atoms. The Balaban J connectivity index is -0.0000000533. The molecule has 0 radical (unpaired) electrons. The summed E-state index contributed by atoms with van der Waals surface area (Å²) in [6.45, 7) is 7.12. The van der Waals surface area contributed by atoms with Gasteiger partial charge in [-0.15, -0.1) is 0 Å². The van der Waals surface area contributed by atoms with E-state index in [1.807, 2.05) is 19.6 Å². The van der Waals surface area contributed by atoms with E-state index in [4.69, 9.17) is 13.7 Å². The average molecular weight is 214 g/mol. The molecule has 0 aromatic carbocycles. The molecule has 2 N–H and O–H groups in total. The maximum atomic E-state index is 8.86. The second-order valence-corrected chi connectivity index (χ2v) is 10.1. The number of rotatable bonds is 2. The van der Waals surface area contributed by atoms with Crippen LogP contribution in [0.25, 0.3) is 0 Å². The van der Waals surface area contributed by atoms with Gasteiger partial charge < -0.3 is 16.6 Å². The normalized spacial score (nSPS) is 11.5. The molecule has 0 spiro atoms. The quantitative estimate of drug-likeness (QED) is 0.451. The van der Waals surface area contributed by atoms with E-state index >= 15 is 0 Å². The molecular formula is C4H16Na2O3Si2. The zero-order valence-corrected chi connectivity index (χ0v) is 14.3.